The molecular weight excluding hydrogens is 360 g/mol. The molecular formula is C25H28N2O2. The zero-order valence-electron chi connectivity index (χ0n) is 16.9. The van der Waals surface area contributed by atoms with E-state index in [9.17, 15) is 4.79 Å². The van der Waals surface area contributed by atoms with Gasteiger partial charge in [0.2, 0.25) is 0 Å². The maximum atomic E-state index is 13.1. The van der Waals surface area contributed by atoms with E-state index in [4.69, 9.17) is 4.74 Å². The van der Waals surface area contributed by atoms with Gasteiger partial charge >= 0.3 is 0 Å². The van der Waals surface area contributed by atoms with Crippen LogP contribution in [0.25, 0.3) is 0 Å². The van der Waals surface area contributed by atoms with Crippen LogP contribution in [0.1, 0.15) is 54.1 Å². The summed E-state index contributed by atoms with van der Waals surface area (Å²) in [5.41, 5.74) is 2.27. The largest absolute Gasteiger partial charge is 0.489 e. The van der Waals surface area contributed by atoms with Gasteiger partial charge in [-0.2, -0.15) is 0 Å². The second-order valence-corrected chi connectivity index (χ2v) is 7.02. The first-order valence-electron chi connectivity index (χ1n) is 10.3. The summed E-state index contributed by atoms with van der Waals surface area (Å²) in [6.45, 7) is 3.48. The van der Waals surface area contributed by atoms with Crippen LogP contribution >= 0.6 is 0 Å². The average molecular weight is 389 g/mol. The van der Waals surface area contributed by atoms with Crippen LogP contribution in [0.15, 0.2) is 72.9 Å². The molecule has 0 unspecified atom stereocenters. The maximum absolute atomic E-state index is 13.1. The van der Waals surface area contributed by atoms with Gasteiger partial charge in [0.1, 0.15) is 18.2 Å². The van der Waals surface area contributed by atoms with Crippen molar-refractivity contribution in [2.45, 2.75) is 39.2 Å². The minimum Gasteiger partial charge on any atom is -0.489 e. The van der Waals surface area contributed by atoms with E-state index in [1.165, 1.54) is 19.3 Å². The molecule has 0 aliphatic carbocycles. The quantitative estimate of drug-likeness (QED) is 0.329. The van der Waals surface area contributed by atoms with E-state index in [1.54, 1.807) is 18.3 Å². The summed E-state index contributed by atoms with van der Waals surface area (Å²) >= 11 is 0. The maximum Gasteiger partial charge on any atom is 0.196 e. The molecule has 1 aromatic heterocycles. The highest BCUT2D eigenvalue weighted by Crippen LogP contribution is 2.21. The Morgan fingerprint density at radius 2 is 1.83 bits per heavy atom. The van der Waals surface area contributed by atoms with E-state index in [0.29, 0.717) is 29.3 Å². The summed E-state index contributed by atoms with van der Waals surface area (Å²) in [7, 11) is 0. The van der Waals surface area contributed by atoms with Crippen molar-refractivity contribution in [2.75, 3.05) is 11.9 Å². The summed E-state index contributed by atoms with van der Waals surface area (Å²) in [6, 6.07) is 20.9. The zero-order chi connectivity index (χ0) is 20.3. The standard InChI is InChI=1S/C25H28N2O2/c1-2-3-4-8-16-26-25-23(15-10-17-27-25)24(28)21-13-9-14-22(18-21)29-19-20-11-6-5-7-12-20/h5-7,9-15,17-18H,2-4,8,16,19H2,1H3,(H,26,27). The third-order valence-electron chi connectivity index (χ3n) is 4.72. The molecule has 4 heteroatoms. The van der Waals surface area contributed by atoms with E-state index in [2.05, 4.69) is 17.2 Å². The van der Waals surface area contributed by atoms with Gasteiger partial charge in [0, 0.05) is 18.3 Å². The van der Waals surface area contributed by atoms with Crippen LogP contribution in [-0.4, -0.2) is 17.3 Å². The smallest absolute Gasteiger partial charge is 0.196 e. The first-order chi connectivity index (χ1) is 14.3. The molecule has 0 aliphatic rings. The molecule has 29 heavy (non-hydrogen) atoms. The fourth-order valence-corrected chi connectivity index (χ4v) is 3.11. The van der Waals surface area contributed by atoms with E-state index in [1.807, 2.05) is 54.6 Å². The number of nitrogens with one attached hydrogen (secondary N) is 1. The predicted octanol–water partition coefficient (Wildman–Crippen LogP) is 5.88. The summed E-state index contributed by atoms with van der Waals surface area (Å²) in [4.78, 5) is 17.5. The molecule has 0 atom stereocenters. The molecule has 0 spiro atoms. The number of pyridine rings is 1. The van der Waals surface area contributed by atoms with E-state index in [0.717, 1.165) is 18.5 Å². The predicted molar refractivity (Wildman–Crippen MR) is 118 cm³/mol. The number of ketones is 1. The van der Waals surface area contributed by atoms with Gasteiger partial charge in [-0.15, -0.1) is 0 Å². The Bertz CT molecular complexity index is 909. The van der Waals surface area contributed by atoms with Gasteiger partial charge in [-0.25, -0.2) is 4.98 Å². The molecule has 0 saturated heterocycles. The van der Waals surface area contributed by atoms with Crippen LogP contribution < -0.4 is 10.1 Å². The second kappa shape index (κ2) is 11.0. The Balaban J connectivity index is 1.67. The summed E-state index contributed by atoms with van der Waals surface area (Å²) in [5.74, 6) is 1.27. The molecule has 0 aliphatic heterocycles. The lowest BCUT2D eigenvalue weighted by Gasteiger charge is -2.11. The van der Waals surface area contributed by atoms with Gasteiger partial charge in [-0.1, -0.05) is 68.7 Å². The third-order valence-corrected chi connectivity index (χ3v) is 4.72. The number of hydrogen-bond donors (Lipinski definition) is 1. The third kappa shape index (κ3) is 6.18. The first kappa shape index (κ1) is 20.6. The lowest BCUT2D eigenvalue weighted by atomic mass is 10.0. The SMILES string of the molecule is CCCCCCNc1ncccc1C(=O)c1cccc(OCc2ccccc2)c1. The van der Waals surface area contributed by atoms with Crippen molar-refractivity contribution in [1.82, 2.24) is 4.98 Å². The van der Waals surface area contributed by atoms with E-state index in [-0.39, 0.29) is 5.78 Å². The molecule has 4 nitrogen and oxygen atoms in total. The molecule has 150 valence electrons. The fraction of sp³-hybridized carbons (Fsp3) is 0.280. The van der Waals surface area contributed by atoms with Gasteiger partial charge in [0.15, 0.2) is 5.78 Å². The number of carbonyl (C=O) groups excluding carboxylic acids is 1. The fourth-order valence-electron chi connectivity index (χ4n) is 3.11. The topological polar surface area (TPSA) is 51.2 Å². The number of benzene rings is 2. The van der Waals surface area contributed by atoms with Crippen molar-refractivity contribution < 1.29 is 9.53 Å². The monoisotopic (exact) mass is 388 g/mol. The number of rotatable bonds is 11. The molecule has 0 amide bonds. The molecule has 1 N–H and O–H groups in total. The highest BCUT2D eigenvalue weighted by molar-refractivity contribution is 6.12. The summed E-state index contributed by atoms with van der Waals surface area (Å²) in [6.07, 6.45) is 6.40. The normalized spacial score (nSPS) is 10.5. The number of aromatic nitrogens is 1. The van der Waals surface area contributed by atoms with Crippen LogP contribution in [0.4, 0.5) is 5.82 Å². The van der Waals surface area contributed by atoms with Gasteiger partial charge in [-0.05, 0) is 36.2 Å². The van der Waals surface area contributed by atoms with Gasteiger partial charge in [0.05, 0.1) is 5.56 Å². The molecule has 0 fully saturated rings. The van der Waals surface area contributed by atoms with Crippen molar-refractivity contribution in [1.29, 1.82) is 0 Å². The number of anilines is 1. The molecule has 3 aromatic rings. The number of nitrogens with zero attached hydrogens (tertiary/aromatic N) is 1. The lowest BCUT2D eigenvalue weighted by Crippen LogP contribution is -2.10. The van der Waals surface area contributed by atoms with Gasteiger partial charge in [0.25, 0.3) is 0 Å². The Hall–Kier alpha value is -3.14. The number of carbonyl (C=O) groups is 1. The Morgan fingerprint density at radius 1 is 0.966 bits per heavy atom. The van der Waals surface area contributed by atoms with Gasteiger partial charge in [-0.3, -0.25) is 4.79 Å². The van der Waals surface area contributed by atoms with E-state index >= 15 is 0 Å². The molecule has 2 aromatic carbocycles. The lowest BCUT2D eigenvalue weighted by molar-refractivity contribution is 0.103. The van der Waals surface area contributed by atoms with Crippen LogP contribution in [0.5, 0.6) is 5.75 Å². The average Bonchev–Trinajstić information content (AvgIpc) is 2.78. The highest BCUT2D eigenvalue weighted by atomic mass is 16.5. The van der Waals surface area contributed by atoms with Crippen molar-refractivity contribution in [2.24, 2.45) is 0 Å². The van der Waals surface area contributed by atoms with Crippen molar-refractivity contribution >= 4 is 11.6 Å². The van der Waals surface area contributed by atoms with Crippen LogP contribution in [-0.2, 0) is 6.61 Å². The first-order valence-corrected chi connectivity index (χ1v) is 10.3. The zero-order valence-corrected chi connectivity index (χ0v) is 16.9. The number of ether oxygens (including phenoxy) is 1. The minimum atomic E-state index is -0.0562. The highest BCUT2D eigenvalue weighted by Gasteiger charge is 2.15. The van der Waals surface area contributed by atoms with Crippen LogP contribution in [0, 0.1) is 0 Å². The van der Waals surface area contributed by atoms with Crippen molar-refractivity contribution in [3.05, 3.63) is 89.6 Å². The summed E-state index contributed by atoms with van der Waals surface area (Å²) in [5, 5.41) is 3.32. The second-order valence-electron chi connectivity index (χ2n) is 7.02. The molecule has 0 saturated carbocycles. The summed E-state index contributed by atoms with van der Waals surface area (Å²) < 4.78 is 5.87. The van der Waals surface area contributed by atoms with Crippen LogP contribution in [0.3, 0.4) is 0 Å². The minimum absolute atomic E-state index is 0.0562. The number of hydrogen-bond acceptors (Lipinski definition) is 4. The Labute approximate surface area is 173 Å². The Kier molecular flexibility index (Phi) is 7.81. The van der Waals surface area contributed by atoms with Crippen molar-refractivity contribution in [3.8, 4) is 5.75 Å². The van der Waals surface area contributed by atoms with Crippen LogP contribution in [0.2, 0.25) is 0 Å². The Morgan fingerprint density at radius 3 is 2.66 bits per heavy atom. The molecule has 3 rings (SSSR count). The molecule has 1 heterocycles. The number of unbranched alkanes of at least 4 members (excludes halogenated alkanes) is 3. The molecule has 0 radical (unpaired) electrons. The van der Waals surface area contributed by atoms with Crippen molar-refractivity contribution in [3.63, 3.8) is 0 Å². The molecule has 0 bridgehead atoms. The van der Waals surface area contributed by atoms with Gasteiger partial charge < -0.3 is 10.1 Å². The van der Waals surface area contributed by atoms with E-state index < -0.39 is 0 Å².